The summed E-state index contributed by atoms with van der Waals surface area (Å²) in [6.07, 6.45) is 2.10. The Kier molecular flexibility index (Phi) is 7.74. The van der Waals surface area contributed by atoms with Gasteiger partial charge in [0.1, 0.15) is 0 Å². The molecule has 10 heteroatoms. The van der Waals surface area contributed by atoms with E-state index in [2.05, 4.69) is 16.9 Å². The van der Waals surface area contributed by atoms with E-state index in [0.29, 0.717) is 13.0 Å². The highest BCUT2D eigenvalue weighted by molar-refractivity contribution is 6.28. The van der Waals surface area contributed by atoms with Crippen molar-refractivity contribution < 1.29 is 9.90 Å². The van der Waals surface area contributed by atoms with E-state index in [1.54, 1.807) is 0 Å². The molecule has 1 aromatic carbocycles. The molecule has 0 spiro atoms. The predicted octanol–water partition coefficient (Wildman–Crippen LogP) is 3.26. The van der Waals surface area contributed by atoms with Crippen molar-refractivity contribution >= 4 is 28.9 Å². The summed E-state index contributed by atoms with van der Waals surface area (Å²) in [6.45, 7) is 4.67. The normalized spacial score (nSPS) is 11.2. The van der Waals surface area contributed by atoms with Gasteiger partial charge in [-0.05, 0) is 36.9 Å². The average Bonchev–Trinajstić information content (AvgIpc) is 3.15. The summed E-state index contributed by atoms with van der Waals surface area (Å²) < 4.78 is 2.50. The number of hydrogen-bond donors (Lipinski definition) is 2. The zero-order chi connectivity index (χ0) is 23.3. The van der Waals surface area contributed by atoms with Crippen LogP contribution in [0.15, 0.2) is 33.9 Å². The summed E-state index contributed by atoms with van der Waals surface area (Å²) in [4.78, 5) is 45.7. The molecule has 0 aliphatic carbocycles. The Bertz CT molecular complexity index is 1200. The van der Waals surface area contributed by atoms with E-state index in [1.165, 1.54) is 9.47 Å². The lowest BCUT2D eigenvalue weighted by atomic mass is 10.1. The van der Waals surface area contributed by atoms with Crippen molar-refractivity contribution in [3.05, 3.63) is 61.5 Å². The van der Waals surface area contributed by atoms with Crippen LogP contribution in [0.3, 0.4) is 0 Å². The van der Waals surface area contributed by atoms with Gasteiger partial charge in [0.05, 0.1) is 0 Å². The highest BCUT2D eigenvalue weighted by atomic mass is 35.5. The molecule has 0 radical (unpaired) electrons. The summed E-state index contributed by atoms with van der Waals surface area (Å²) in [7, 11) is 0. The number of rotatable bonds is 10. The van der Waals surface area contributed by atoms with Crippen molar-refractivity contribution in [3.63, 3.8) is 0 Å². The average molecular weight is 462 g/mol. The molecule has 0 atom stereocenters. The number of nitrogens with zero attached hydrogens (tertiary/aromatic N) is 4. The van der Waals surface area contributed by atoms with Gasteiger partial charge in [0.2, 0.25) is 5.28 Å². The first-order valence-electron chi connectivity index (χ1n) is 10.7. The molecule has 0 fully saturated rings. The van der Waals surface area contributed by atoms with Gasteiger partial charge in [-0.2, -0.15) is 4.98 Å². The van der Waals surface area contributed by atoms with Gasteiger partial charge < -0.3 is 15.0 Å². The topological polar surface area (TPSA) is 113 Å². The van der Waals surface area contributed by atoms with E-state index in [4.69, 9.17) is 11.6 Å². The van der Waals surface area contributed by atoms with E-state index in [1.807, 2.05) is 31.2 Å². The van der Waals surface area contributed by atoms with Gasteiger partial charge >= 0.3 is 11.8 Å². The second kappa shape index (κ2) is 10.5. The molecule has 0 aliphatic rings. The monoisotopic (exact) mass is 461 g/mol. The van der Waals surface area contributed by atoms with Gasteiger partial charge in [0.25, 0.3) is 5.56 Å². The van der Waals surface area contributed by atoms with Gasteiger partial charge in [0, 0.05) is 26.2 Å². The molecule has 32 heavy (non-hydrogen) atoms. The lowest BCUT2D eigenvalue weighted by Gasteiger charge is -2.20. The van der Waals surface area contributed by atoms with E-state index in [9.17, 15) is 19.5 Å². The number of imidazole rings is 1. The smallest absolute Gasteiger partial charge is 0.407 e. The molecule has 0 bridgehead atoms. The summed E-state index contributed by atoms with van der Waals surface area (Å²) in [5.41, 5.74) is 1.46. The maximum Gasteiger partial charge on any atom is 0.407 e. The number of fused-ring (bicyclic) bond motifs is 1. The quantitative estimate of drug-likeness (QED) is 0.355. The van der Waals surface area contributed by atoms with Crippen LogP contribution in [0.25, 0.3) is 11.2 Å². The Morgan fingerprint density at radius 1 is 1.12 bits per heavy atom. The van der Waals surface area contributed by atoms with Gasteiger partial charge in [-0.25, -0.2) is 9.59 Å². The third kappa shape index (κ3) is 5.40. The Balaban J connectivity index is 1.82. The zero-order valence-corrected chi connectivity index (χ0v) is 19.1. The second-order valence-corrected chi connectivity index (χ2v) is 8.19. The fourth-order valence-electron chi connectivity index (χ4n) is 3.60. The molecule has 2 heterocycles. The fraction of sp³-hybridized carbons (Fsp3) is 0.455. The molecule has 0 unspecified atom stereocenters. The Morgan fingerprint density at radius 3 is 2.50 bits per heavy atom. The lowest BCUT2D eigenvalue weighted by molar-refractivity contribution is 0.143. The summed E-state index contributed by atoms with van der Waals surface area (Å²) in [6, 6.07) is 7.88. The number of carboxylic acid groups (broad SMARTS) is 1. The van der Waals surface area contributed by atoms with Gasteiger partial charge in [-0.15, -0.1) is 0 Å². The first-order valence-corrected chi connectivity index (χ1v) is 11.1. The van der Waals surface area contributed by atoms with Crippen molar-refractivity contribution in [1.82, 2.24) is 24.0 Å². The van der Waals surface area contributed by atoms with Crippen molar-refractivity contribution in [1.29, 1.82) is 0 Å². The maximum atomic E-state index is 13.1. The van der Waals surface area contributed by atoms with Crippen LogP contribution < -0.4 is 11.2 Å². The summed E-state index contributed by atoms with van der Waals surface area (Å²) >= 11 is 5.96. The Labute approximate surface area is 190 Å². The Hall–Kier alpha value is -3.07. The number of aromatic nitrogens is 4. The van der Waals surface area contributed by atoms with Gasteiger partial charge in [-0.3, -0.25) is 13.9 Å². The van der Waals surface area contributed by atoms with Crippen LogP contribution in [-0.2, 0) is 19.5 Å². The van der Waals surface area contributed by atoms with Crippen LogP contribution in [0.1, 0.15) is 37.3 Å². The SMILES string of the molecule is CCCCCn1c(=O)n(CCN(CCc2ccc(C)cc2)C(=O)O)c(=O)c2[nH]c(Cl)nc21. The van der Waals surface area contributed by atoms with Crippen LogP contribution in [0, 0.1) is 6.92 Å². The van der Waals surface area contributed by atoms with E-state index >= 15 is 0 Å². The number of aryl methyl sites for hydroxylation is 2. The van der Waals surface area contributed by atoms with Crippen LogP contribution in [0.5, 0.6) is 0 Å². The Morgan fingerprint density at radius 2 is 1.84 bits per heavy atom. The number of hydrogen-bond acceptors (Lipinski definition) is 4. The van der Waals surface area contributed by atoms with Crippen molar-refractivity contribution in [3.8, 4) is 0 Å². The molecule has 3 aromatic rings. The van der Waals surface area contributed by atoms with Crippen molar-refractivity contribution in [2.24, 2.45) is 0 Å². The molecule has 2 N–H and O–H groups in total. The molecule has 0 saturated carbocycles. The first kappa shape index (κ1) is 23.6. The van der Waals surface area contributed by atoms with Crippen molar-refractivity contribution in [2.75, 3.05) is 13.1 Å². The molecule has 2 aromatic heterocycles. The first-order chi connectivity index (χ1) is 15.3. The van der Waals surface area contributed by atoms with Crippen LogP contribution in [0.4, 0.5) is 4.79 Å². The number of halogens is 1. The number of amides is 1. The molecule has 9 nitrogen and oxygen atoms in total. The van der Waals surface area contributed by atoms with E-state index in [0.717, 1.165) is 35.0 Å². The van der Waals surface area contributed by atoms with E-state index < -0.39 is 17.3 Å². The molecule has 1 amide bonds. The predicted molar refractivity (Wildman–Crippen MR) is 124 cm³/mol. The summed E-state index contributed by atoms with van der Waals surface area (Å²) in [5.74, 6) is 0. The molecule has 0 aliphatic heterocycles. The third-order valence-corrected chi connectivity index (χ3v) is 5.65. The minimum atomic E-state index is -1.10. The number of benzene rings is 1. The standard InChI is InChI=1S/C22H28ClN5O4/c1-3-4-5-11-27-18-17(24-20(23)25-18)19(29)28(21(27)30)14-13-26(22(31)32)12-10-16-8-6-15(2)7-9-16/h6-9H,3-5,10-14H2,1-2H3,(H,24,25)(H,31,32). The van der Waals surface area contributed by atoms with Crippen LogP contribution in [-0.4, -0.2) is 48.3 Å². The summed E-state index contributed by atoms with van der Waals surface area (Å²) in [5, 5.41) is 9.64. The molecular weight excluding hydrogens is 434 g/mol. The molecule has 172 valence electrons. The molecule has 0 saturated heterocycles. The van der Waals surface area contributed by atoms with Crippen LogP contribution >= 0.6 is 11.6 Å². The number of aromatic amines is 1. The largest absolute Gasteiger partial charge is 0.465 e. The lowest BCUT2D eigenvalue weighted by Crippen LogP contribution is -2.44. The molecular formula is C22H28ClN5O4. The van der Waals surface area contributed by atoms with E-state index in [-0.39, 0.29) is 36.1 Å². The zero-order valence-electron chi connectivity index (χ0n) is 18.3. The minimum Gasteiger partial charge on any atom is -0.465 e. The van der Waals surface area contributed by atoms with Crippen LogP contribution in [0.2, 0.25) is 5.28 Å². The number of carbonyl (C=O) groups is 1. The maximum absolute atomic E-state index is 13.1. The highest BCUT2D eigenvalue weighted by Crippen LogP contribution is 2.11. The van der Waals surface area contributed by atoms with Gasteiger partial charge in [0.15, 0.2) is 11.2 Å². The minimum absolute atomic E-state index is 0.0126. The van der Waals surface area contributed by atoms with Gasteiger partial charge in [-0.1, -0.05) is 49.6 Å². The third-order valence-electron chi connectivity index (χ3n) is 5.47. The number of unbranched alkanes of at least 4 members (excludes halogenated alkanes) is 2. The second-order valence-electron chi connectivity index (χ2n) is 7.83. The van der Waals surface area contributed by atoms with Crippen molar-refractivity contribution in [2.45, 2.75) is 52.6 Å². The molecule has 3 rings (SSSR count). The highest BCUT2D eigenvalue weighted by Gasteiger charge is 2.19. The fourth-order valence-corrected chi connectivity index (χ4v) is 3.77. The number of H-pyrrole nitrogens is 1. The number of nitrogens with one attached hydrogen (secondary N) is 1.